The first kappa shape index (κ1) is 46.0. The molecule has 0 radical (unpaired) electrons. The average molecular weight is 1010 g/mol. The maximum Gasteiger partial charge on any atom is 0.232 e. The first-order valence-electron chi connectivity index (χ1n) is 23.2. The number of pyridine rings is 4. The van der Waals surface area contributed by atoms with Crippen LogP contribution in [0.5, 0.6) is 0 Å². The average Bonchev–Trinajstić information content (AvgIpc) is 3.59. The number of benzene rings is 2. The number of amides is 2. The lowest BCUT2D eigenvalue weighted by Gasteiger charge is -2.42. The molecule has 2 amide bonds. The number of aryl methyl sites for hydroxylation is 6. The lowest BCUT2D eigenvalue weighted by Crippen LogP contribution is -2.54. The predicted octanol–water partition coefficient (Wildman–Crippen LogP) is 8.98. The van der Waals surface area contributed by atoms with Gasteiger partial charge in [0.1, 0.15) is 0 Å². The second kappa shape index (κ2) is 20.0. The van der Waals surface area contributed by atoms with Gasteiger partial charge in [-0.1, -0.05) is 59.7 Å². The number of fused-ring (bicyclic) bond motifs is 4. The lowest BCUT2D eigenvalue weighted by molar-refractivity contribution is -0.138. The summed E-state index contributed by atoms with van der Waals surface area (Å²) in [5.41, 5.74) is 14.4. The van der Waals surface area contributed by atoms with E-state index in [0.29, 0.717) is 19.5 Å². The smallest absolute Gasteiger partial charge is 0.232 e. The molecule has 0 N–H and O–H groups in total. The lowest BCUT2D eigenvalue weighted by atomic mass is 9.84. The Morgan fingerprint density at radius 1 is 0.591 bits per heavy atom. The first-order valence-corrected chi connectivity index (χ1v) is 24.8. The Kier molecular flexibility index (Phi) is 13.9. The van der Waals surface area contributed by atoms with E-state index in [4.69, 9.17) is 9.97 Å². The van der Waals surface area contributed by atoms with E-state index in [2.05, 4.69) is 114 Å². The number of carbonyl (C=O) groups is 2. The highest BCUT2D eigenvalue weighted by atomic mass is 79.9. The third-order valence-electron chi connectivity index (χ3n) is 14.0. The van der Waals surface area contributed by atoms with Gasteiger partial charge in [-0.15, -0.1) is 0 Å². The van der Waals surface area contributed by atoms with Crippen LogP contribution >= 0.6 is 31.9 Å². The number of rotatable bonds is 6. The van der Waals surface area contributed by atoms with Crippen molar-refractivity contribution < 1.29 is 9.59 Å². The quantitative estimate of drug-likeness (QED) is 0.163. The van der Waals surface area contributed by atoms with Gasteiger partial charge in [0.15, 0.2) is 0 Å². The zero-order valence-electron chi connectivity index (χ0n) is 38.4. The monoisotopic (exact) mass is 1010 g/mol. The molecule has 340 valence electrons. The van der Waals surface area contributed by atoms with Crippen molar-refractivity contribution in [2.24, 2.45) is 0 Å². The van der Waals surface area contributed by atoms with E-state index in [1.165, 1.54) is 44.5 Å². The van der Waals surface area contributed by atoms with Gasteiger partial charge >= 0.3 is 0 Å². The van der Waals surface area contributed by atoms with Gasteiger partial charge in [0.25, 0.3) is 0 Å². The van der Waals surface area contributed by atoms with Gasteiger partial charge in [0.05, 0.1) is 35.3 Å². The fourth-order valence-corrected chi connectivity index (χ4v) is 11.1. The molecule has 2 saturated heterocycles. The Morgan fingerprint density at radius 3 is 1.56 bits per heavy atom. The Morgan fingerprint density at radius 2 is 1.08 bits per heavy atom. The van der Waals surface area contributed by atoms with E-state index in [-0.39, 0.29) is 23.9 Å². The third kappa shape index (κ3) is 9.93. The second-order valence-corrected chi connectivity index (χ2v) is 20.6. The van der Waals surface area contributed by atoms with Gasteiger partial charge in [0.2, 0.25) is 11.8 Å². The molecule has 0 saturated carbocycles. The number of hydrogen-bond donors (Lipinski definition) is 0. The van der Waals surface area contributed by atoms with Crippen molar-refractivity contribution in [1.29, 1.82) is 0 Å². The summed E-state index contributed by atoms with van der Waals surface area (Å²) >= 11 is 7.22. The zero-order chi connectivity index (χ0) is 46.0. The van der Waals surface area contributed by atoms with Crippen LogP contribution in [-0.2, 0) is 47.1 Å². The van der Waals surface area contributed by atoms with E-state index in [9.17, 15) is 9.59 Å². The standard InChI is InChI=1S/C28H31BrN4O.C26H27BrN4O/c1-19-6-9-24-20(15-19)7-8-21-16-23(29)18-31-25(21)26(24)32-11-13-33(14-12-32)27(34)28(2,3)22-5-4-10-30-17-22;1-18-4-7-23-20(13-18)5-6-21-15-22(27)17-29-25(21)26(23)31-11-9-30(10-12-31)24(32)14-19-3-2-8-28-16-19/h4-6,9-10,15-18,26H,7-8,11-14H2,1-3H3;2-4,7-8,13,15-17,26H,5-6,9-12,14H2,1H3. The highest BCUT2D eigenvalue weighted by molar-refractivity contribution is 9.10. The van der Waals surface area contributed by atoms with Crippen molar-refractivity contribution in [1.82, 2.24) is 39.5 Å². The summed E-state index contributed by atoms with van der Waals surface area (Å²) in [5, 5.41) is 0. The molecular weight excluding hydrogens is 952 g/mol. The maximum atomic E-state index is 13.5. The number of nitrogens with zero attached hydrogens (tertiary/aromatic N) is 8. The van der Waals surface area contributed by atoms with Crippen LogP contribution < -0.4 is 0 Å². The summed E-state index contributed by atoms with van der Waals surface area (Å²) in [4.78, 5) is 53.5. The number of hydrogen-bond acceptors (Lipinski definition) is 8. The van der Waals surface area contributed by atoms with Crippen molar-refractivity contribution in [2.75, 3.05) is 52.4 Å². The van der Waals surface area contributed by atoms with Crippen molar-refractivity contribution in [3.63, 3.8) is 0 Å². The van der Waals surface area contributed by atoms with Gasteiger partial charge in [-0.05, 0) is 154 Å². The molecule has 0 bridgehead atoms. The molecule has 0 spiro atoms. The van der Waals surface area contributed by atoms with Crippen molar-refractivity contribution in [2.45, 2.75) is 77.3 Å². The van der Waals surface area contributed by atoms with Gasteiger partial charge < -0.3 is 9.80 Å². The largest absolute Gasteiger partial charge is 0.340 e. The molecule has 6 heterocycles. The second-order valence-electron chi connectivity index (χ2n) is 18.8. The summed E-state index contributed by atoms with van der Waals surface area (Å²) in [6.45, 7) is 14.6. The van der Waals surface area contributed by atoms with E-state index in [1.54, 1.807) is 24.8 Å². The molecule has 10 rings (SSSR count). The van der Waals surface area contributed by atoms with Crippen molar-refractivity contribution >= 4 is 43.7 Å². The minimum absolute atomic E-state index is 0.116. The molecule has 6 aromatic rings. The SMILES string of the molecule is Cc1ccc2c(c1)CCc1cc(Br)cnc1C2N1CCN(C(=O)C(C)(C)c2cccnc2)CC1.Cc1ccc2c(c1)CCc1cc(Br)cnc1C2N1CCN(C(=O)Cc2cccnc2)CC1. The number of aromatic nitrogens is 4. The van der Waals surface area contributed by atoms with Gasteiger partial charge in [-0.3, -0.25) is 39.3 Å². The molecule has 2 aliphatic carbocycles. The highest BCUT2D eigenvalue weighted by Gasteiger charge is 2.38. The van der Waals surface area contributed by atoms with Crippen LogP contribution in [0, 0.1) is 13.8 Å². The predicted molar refractivity (Wildman–Crippen MR) is 266 cm³/mol. The van der Waals surface area contributed by atoms with Crippen LogP contribution in [0.25, 0.3) is 0 Å². The highest BCUT2D eigenvalue weighted by Crippen LogP contribution is 2.39. The fraction of sp³-hybridized carbons (Fsp3) is 0.370. The van der Waals surface area contributed by atoms with Crippen molar-refractivity contribution in [3.8, 4) is 0 Å². The molecule has 4 aliphatic rings. The van der Waals surface area contributed by atoms with Crippen LogP contribution in [0.4, 0.5) is 0 Å². The molecule has 10 nitrogen and oxygen atoms in total. The first-order chi connectivity index (χ1) is 31.9. The normalized spacial score (nSPS) is 18.6. The van der Waals surface area contributed by atoms with E-state index < -0.39 is 5.41 Å². The van der Waals surface area contributed by atoms with Gasteiger partial charge in [0, 0.05) is 98.5 Å². The molecular formula is C54H58Br2N8O2. The van der Waals surface area contributed by atoms with Crippen LogP contribution in [0.15, 0.2) is 119 Å². The summed E-state index contributed by atoms with van der Waals surface area (Å²) in [6.07, 6.45) is 15.4. The molecule has 2 atom stereocenters. The Bertz CT molecular complexity index is 2590. The molecule has 2 unspecified atom stereocenters. The Labute approximate surface area is 406 Å². The fourth-order valence-electron chi connectivity index (χ4n) is 10.3. The summed E-state index contributed by atoms with van der Waals surface area (Å²) in [7, 11) is 0. The summed E-state index contributed by atoms with van der Waals surface area (Å²) in [6, 6.07) is 26.1. The van der Waals surface area contributed by atoms with E-state index >= 15 is 0 Å². The van der Waals surface area contributed by atoms with Gasteiger partial charge in [-0.25, -0.2) is 0 Å². The summed E-state index contributed by atoms with van der Waals surface area (Å²) in [5.74, 6) is 0.344. The molecule has 66 heavy (non-hydrogen) atoms. The molecule has 2 aromatic carbocycles. The van der Waals surface area contributed by atoms with Crippen LogP contribution in [0.1, 0.15) is 93.0 Å². The zero-order valence-corrected chi connectivity index (χ0v) is 41.6. The maximum absolute atomic E-state index is 13.5. The van der Waals surface area contributed by atoms with E-state index in [0.717, 1.165) is 96.4 Å². The van der Waals surface area contributed by atoms with Crippen molar-refractivity contribution in [3.05, 3.63) is 186 Å². The third-order valence-corrected chi connectivity index (χ3v) is 14.8. The minimum atomic E-state index is -0.594. The molecule has 2 aliphatic heterocycles. The number of piperazine rings is 2. The van der Waals surface area contributed by atoms with Crippen LogP contribution in [0.3, 0.4) is 0 Å². The molecule has 2 fully saturated rings. The van der Waals surface area contributed by atoms with Crippen LogP contribution in [0.2, 0.25) is 0 Å². The summed E-state index contributed by atoms with van der Waals surface area (Å²) < 4.78 is 2.06. The number of carbonyl (C=O) groups excluding carboxylic acids is 2. The number of halogens is 2. The van der Waals surface area contributed by atoms with Crippen LogP contribution in [-0.4, -0.2) is 104 Å². The van der Waals surface area contributed by atoms with E-state index in [1.807, 2.05) is 60.3 Å². The van der Waals surface area contributed by atoms with Gasteiger partial charge in [-0.2, -0.15) is 0 Å². The Hall–Kier alpha value is -5.14. The molecule has 12 heteroatoms. The molecule has 4 aromatic heterocycles. The Balaban J connectivity index is 0.000000166. The minimum Gasteiger partial charge on any atom is -0.340 e. The topological polar surface area (TPSA) is 98.7 Å².